The van der Waals surface area contributed by atoms with Crippen LogP contribution in [0.4, 0.5) is 0 Å². The molecule has 0 N–H and O–H groups in total. The number of aromatic nitrogens is 2. The topological polar surface area (TPSA) is 16.8 Å². The highest BCUT2D eigenvalue weighted by atomic mass is 14.9. The highest BCUT2D eigenvalue weighted by Gasteiger charge is 2.16. The maximum Gasteiger partial charge on any atom is 0.212 e. The Morgan fingerprint density at radius 3 is 2.24 bits per heavy atom. The number of aryl methyl sites for hydroxylation is 5. The number of nitrogens with zero attached hydrogens (tertiary/aromatic N) is 2. The van der Waals surface area contributed by atoms with Gasteiger partial charge in [-0.3, -0.25) is 4.98 Å². The lowest BCUT2D eigenvalue weighted by Gasteiger charge is -2.11. The molecule has 2 heteroatoms. The van der Waals surface area contributed by atoms with Crippen molar-refractivity contribution in [1.82, 2.24) is 4.98 Å². The highest BCUT2D eigenvalue weighted by molar-refractivity contribution is 6.07. The van der Waals surface area contributed by atoms with Crippen molar-refractivity contribution in [3.8, 4) is 11.3 Å². The minimum atomic E-state index is 1.06. The van der Waals surface area contributed by atoms with E-state index in [0.717, 1.165) is 11.2 Å². The van der Waals surface area contributed by atoms with E-state index in [2.05, 4.69) is 88.0 Å². The van der Waals surface area contributed by atoms with Crippen molar-refractivity contribution in [3.63, 3.8) is 0 Å². The third kappa shape index (κ3) is 2.49. The third-order valence-corrected chi connectivity index (χ3v) is 5.26. The second kappa shape index (κ2) is 5.66. The molecule has 0 saturated carbocycles. The lowest BCUT2D eigenvalue weighted by molar-refractivity contribution is -0.660. The molecule has 25 heavy (non-hydrogen) atoms. The molecule has 2 heterocycles. The lowest BCUT2D eigenvalue weighted by atomic mass is 9.97. The van der Waals surface area contributed by atoms with Crippen molar-refractivity contribution in [2.75, 3.05) is 0 Å². The molecule has 0 radical (unpaired) electrons. The number of fused-ring (bicyclic) bond motifs is 3. The number of rotatable bonds is 1. The van der Waals surface area contributed by atoms with Gasteiger partial charge in [0.05, 0.1) is 11.1 Å². The second-order valence-electron chi connectivity index (χ2n) is 7.06. The average molecular weight is 327 g/mol. The van der Waals surface area contributed by atoms with Crippen LogP contribution in [0, 0.1) is 27.7 Å². The molecular weight excluding hydrogens is 304 g/mol. The normalized spacial score (nSPS) is 11.4. The smallest absolute Gasteiger partial charge is 0.212 e. The van der Waals surface area contributed by atoms with Gasteiger partial charge in [0.1, 0.15) is 7.05 Å². The van der Waals surface area contributed by atoms with Crippen molar-refractivity contribution in [2.45, 2.75) is 27.7 Å². The maximum atomic E-state index is 4.89. The van der Waals surface area contributed by atoms with Gasteiger partial charge >= 0.3 is 0 Å². The van der Waals surface area contributed by atoms with E-state index in [9.17, 15) is 0 Å². The minimum Gasteiger partial charge on any atom is -0.252 e. The molecule has 0 bridgehead atoms. The van der Waals surface area contributed by atoms with Gasteiger partial charge in [-0.05, 0) is 56.3 Å². The van der Waals surface area contributed by atoms with Crippen LogP contribution in [-0.4, -0.2) is 4.98 Å². The Morgan fingerprint density at radius 1 is 0.760 bits per heavy atom. The predicted molar refractivity (Wildman–Crippen MR) is 105 cm³/mol. The SMILES string of the molecule is Cc1cc(-c2cc3nc(C)c4ccccc4c3cc2C)[n+](C)cc1C. The molecule has 0 aliphatic carbocycles. The Kier molecular flexibility index (Phi) is 3.57. The highest BCUT2D eigenvalue weighted by Crippen LogP contribution is 2.31. The second-order valence-corrected chi connectivity index (χ2v) is 7.06. The minimum absolute atomic E-state index is 1.06. The first-order valence-electron chi connectivity index (χ1n) is 8.72. The monoisotopic (exact) mass is 327 g/mol. The summed E-state index contributed by atoms with van der Waals surface area (Å²) in [5.74, 6) is 0. The molecule has 0 atom stereocenters. The van der Waals surface area contributed by atoms with Crippen LogP contribution in [0.15, 0.2) is 48.7 Å². The van der Waals surface area contributed by atoms with Crippen LogP contribution in [0.25, 0.3) is 32.9 Å². The summed E-state index contributed by atoms with van der Waals surface area (Å²) in [6, 6.07) is 15.3. The van der Waals surface area contributed by atoms with Crippen LogP contribution >= 0.6 is 0 Å². The molecule has 4 rings (SSSR count). The Morgan fingerprint density at radius 2 is 1.48 bits per heavy atom. The van der Waals surface area contributed by atoms with Crippen LogP contribution in [0.3, 0.4) is 0 Å². The third-order valence-electron chi connectivity index (χ3n) is 5.26. The fraction of sp³-hybridized carbons (Fsp3) is 0.217. The zero-order valence-electron chi connectivity index (χ0n) is 15.5. The van der Waals surface area contributed by atoms with Crippen LogP contribution in [0.2, 0.25) is 0 Å². The molecule has 0 fully saturated rings. The Bertz CT molecular complexity index is 1140. The van der Waals surface area contributed by atoms with Gasteiger partial charge in [-0.1, -0.05) is 24.3 Å². The fourth-order valence-corrected chi connectivity index (χ4v) is 3.71. The summed E-state index contributed by atoms with van der Waals surface area (Å²) in [5, 5.41) is 3.75. The first-order chi connectivity index (χ1) is 12.0. The summed E-state index contributed by atoms with van der Waals surface area (Å²) < 4.78 is 2.21. The van der Waals surface area contributed by atoms with Crippen molar-refractivity contribution in [3.05, 3.63) is 71.0 Å². The molecule has 2 aromatic carbocycles. The van der Waals surface area contributed by atoms with Gasteiger partial charge in [-0.2, -0.15) is 0 Å². The summed E-state index contributed by atoms with van der Waals surface area (Å²) in [6.07, 6.45) is 2.20. The quantitative estimate of drug-likeness (QED) is 0.350. The Balaban J connectivity index is 2.06. The summed E-state index contributed by atoms with van der Waals surface area (Å²) in [6.45, 7) is 8.62. The first-order valence-corrected chi connectivity index (χ1v) is 8.72. The van der Waals surface area contributed by atoms with Gasteiger partial charge in [0.2, 0.25) is 5.69 Å². The van der Waals surface area contributed by atoms with Gasteiger partial charge in [-0.25, -0.2) is 4.57 Å². The fourth-order valence-electron chi connectivity index (χ4n) is 3.71. The molecule has 4 aromatic rings. The van der Waals surface area contributed by atoms with E-state index >= 15 is 0 Å². The number of pyridine rings is 2. The van der Waals surface area contributed by atoms with Crippen LogP contribution in [0.1, 0.15) is 22.4 Å². The van der Waals surface area contributed by atoms with Gasteiger partial charge in [0.25, 0.3) is 0 Å². The average Bonchev–Trinajstić information content (AvgIpc) is 2.59. The van der Waals surface area contributed by atoms with Gasteiger partial charge in [0, 0.05) is 28.1 Å². The van der Waals surface area contributed by atoms with E-state index in [1.807, 2.05) is 0 Å². The van der Waals surface area contributed by atoms with E-state index in [1.54, 1.807) is 0 Å². The molecule has 0 aliphatic rings. The molecule has 2 nitrogen and oxygen atoms in total. The van der Waals surface area contributed by atoms with E-state index in [1.165, 1.54) is 44.1 Å². The standard InChI is InChI=1S/C23H23N2/c1-14-11-23(25(5)13-16(14)3)20-12-22-21(10-15(20)2)19-9-7-6-8-18(19)17(4)24-22/h6-13H,1-5H3/q+1. The summed E-state index contributed by atoms with van der Waals surface area (Å²) in [7, 11) is 2.12. The molecule has 2 aromatic heterocycles. The maximum absolute atomic E-state index is 4.89. The molecule has 124 valence electrons. The number of hydrogen-bond donors (Lipinski definition) is 0. The molecule has 0 aliphatic heterocycles. The summed E-state index contributed by atoms with van der Waals surface area (Å²) in [4.78, 5) is 4.89. The zero-order chi connectivity index (χ0) is 17.7. The Labute approximate surface area is 148 Å². The van der Waals surface area contributed by atoms with Crippen LogP contribution in [0.5, 0.6) is 0 Å². The molecular formula is C23H23N2+. The molecule has 0 amide bonds. The van der Waals surface area contributed by atoms with Crippen LogP contribution < -0.4 is 4.57 Å². The zero-order valence-corrected chi connectivity index (χ0v) is 15.5. The van der Waals surface area contributed by atoms with Gasteiger partial charge in [0.15, 0.2) is 6.20 Å². The largest absolute Gasteiger partial charge is 0.252 e. The van der Waals surface area contributed by atoms with Crippen molar-refractivity contribution in [2.24, 2.45) is 7.05 Å². The molecule has 0 saturated heterocycles. The number of hydrogen-bond acceptors (Lipinski definition) is 1. The summed E-state index contributed by atoms with van der Waals surface area (Å²) >= 11 is 0. The summed E-state index contributed by atoms with van der Waals surface area (Å²) in [5.41, 5.74) is 8.54. The lowest BCUT2D eigenvalue weighted by Crippen LogP contribution is -2.31. The predicted octanol–water partition coefficient (Wildman–Crippen LogP) is 5.11. The van der Waals surface area contributed by atoms with E-state index in [-0.39, 0.29) is 0 Å². The molecule has 0 unspecified atom stereocenters. The van der Waals surface area contributed by atoms with Crippen molar-refractivity contribution in [1.29, 1.82) is 0 Å². The van der Waals surface area contributed by atoms with E-state index in [4.69, 9.17) is 4.98 Å². The van der Waals surface area contributed by atoms with Crippen LogP contribution in [-0.2, 0) is 7.05 Å². The van der Waals surface area contributed by atoms with Gasteiger partial charge in [-0.15, -0.1) is 0 Å². The first kappa shape index (κ1) is 15.8. The van der Waals surface area contributed by atoms with Gasteiger partial charge < -0.3 is 0 Å². The molecule has 0 spiro atoms. The van der Waals surface area contributed by atoms with E-state index in [0.29, 0.717) is 0 Å². The van der Waals surface area contributed by atoms with Crippen molar-refractivity contribution < 1.29 is 4.57 Å². The number of benzene rings is 2. The Hall–Kier alpha value is -2.74. The van der Waals surface area contributed by atoms with Crippen molar-refractivity contribution >= 4 is 21.7 Å². The van der Waals surface area contributed by atoms with E-state index < -0.39 is 0 Å².